The molecule has 3 nitrogen and oxygen atoms in total. The lowest BCUT2D eigenvalue weighted by Crippen LogP contribution is -2.38. The molecule has 2 aliphatic rings. The van der Waals surface area contributed by atoms with E-state index < -0.39 is 52.9 Å². The topological polar surface area (TPSA) is 27.7 Å². The number of ether oxygens (including phenoxy) is 3. The van der Waals surface area contributed by atoms with Crippen LogP contribution in [-0.4, -0.2) is 6.11 Å². The summed E-state index contributed by atoms with van der Waals surface area (Å²) in [7, 11) is 0. The Morgan fingerprint density at radius 1 is 0.762 bits per heavy atom. The molecule has 0 aromatic heterocycles. The quantitative estimate of drug-likeness (QED) is 0.153. The van der Waals surface area contributed by atoms with Crippen LogP contribution in [0.3, 0.4) is 0 Å². The van der Waals surface area contributed by atoms with Crippen LogP contribution in [0.1, 0.15) is 63.9 Å². The molecule has 42 heavy (non-hydrogen) atoms. The van der Waals surface area contributed by atoms with Crippen molar-refractivity contribution < 1.29 is 49.3 Å². The molecule has 11 heteroatoms. The molecule has 0 aliphatic heterocycles. The van der Waals surface area contributed by atoms with E-state index in [0.717, 1.165) is 49.9 Å². The highest BCUT2D eigenvalue weighted by molar-refractivity contribution is 5.36. The number of rotatable bonds is 10. The highest BCUT2D eigenvalue weighted by atomic mass is 19.3. The van der Waals surface area contributed by atoms with Gasteiger partial charge in [-0.3, -0.25) is 0 Å². The van der Waals surface area contributed by atoms with Crippen LogP contribution in [0, 0.1) is 35.3 Å². The predicted octanol–water partition coefficient (Wildman–Crippen LogP) is 10.4. The van der Waals surface area contributed by atoms with E-state index in [1.54, 1.807) is 0 Å². The van der Waals surface area contributed by atoms with Gasteiger partial charge in [0.1, 0.15) is 11.5 Å². The molecular formula is C31H32F8O3. The fraction of sp³-hybridized carbons (Fsp3) is 0.484. The highest BCUT2D eigenvalue weighted by Gasteiger charge is 2.45. The molecule has 0 atom stereocenters. The van der Waals surface area contributed by atoms with Gasteiger partial charge in [0.25, 0.3) is 0 Å². The van der Waals surface area contributed by atoms with Gasteiger partial charge in [0, 0.05) is 12.1 Å². The van der Waals surface area contributed by atoms with Crippen molar-refractivity contribution in [2.45, 2.75) is 70.5 Å². The molecule has 2 aliphatic carbocycles. The number of alkyl halides is 4. The zero-order valence-corrected chi connectivity index (χ0v) is 22.9. The Balaban J connectivity index is 1.32. The number of hydrogen-bond donors (Lipinski definition) is 0. The molecular weight excluding hydrogens is 572 g/mol. The van der Waals surface area contributed by atoms with Crippen LogP contribution in [-0.2, 0) is 6.11 Å². The van der Waals surface area contributed by atoms with Crippen molar-refractivity contribution >= 4 is 0 Å². The molecule has 0 bridgehead atoms. The first-order chi connectivity index (χ1) is 19.9. The van der Waals surface area contributed by atoms with E-state index in [2.05, 4.69) is 21.6 Å². The van der Waals surface area contributed by atoms with Crippen molar-refractivity contribution in [3.8, 4) is 17.2 Å². The summed E-state index contributed by atoms with van der Waals surface area (Å²) in [5, 5.41) is 0. The average molecular weight is 605 g/mol. The fourth-order valence-corrected chi connectivity index (χ4v) is 5.98. The van der Waals surface area contributed by atoms with Crippen molar-refractivity contribution in [1.29, 1.82) is 0 Å². The average Bonchev–Trinajstić information content (AvgIpc) is 2.93. The number of hydrogen-bond acceptors (Lipinski definition) is 3. The Morgan fingerprint density at radius 2 is 1.31 bits per heavy atom. The van der Waals surface area contributed by atoms with Gasteiger partial charge in [-0.15, -0.1) is 0 Å². The van der Waals surface area contributed by atoms with E-state index in [1.165, 1.54) is 0 Å². The zero-order valence-electron chi connectivity index (χ0n) is 22.9. The number of allylic oxidation sites excluding steroid dienone is 2. The van der Waals surface area contributed by atoms with E-state index in [9.17, 15) is 26.3 Å². The molecule has 0 heterocycles. The summed E-state index contributed by atoms with van der Waals surface area (Å²) < 4.78 is 125. The van der Waals surface area contributed by atoms with Gasteiger partial charge in [0.15, 0.2) is 23.6 Å². The standard InChI is InChI=1S/C31H32F8O3/c1-2-3-19-4-6-20(7-5-19)21-8-10-22(11-9-21)30(36,37)41-24-14-12-23(13-15-24)31(38,39)42-25-16-26(32)29(27(33)17-25)40-18-28(34)35/h2-3,12-22H,4-11H2,1H3/b3-2+. The normalized spacial score (nSPS) is 23.5. The molecule has 2 fully saturated rings. The Labute approximate surface area is 239 Å². The van der Waals surface area contributed by atoms with E-state index in [4.69, 9.17) is 4.74 Å². The Hall–Kier alpha value is -3.24. The molecule has 0 unspecified atom stereocenters. The van der Waals surface area contributed by atoms with E-state index in [0.29, 0.717) is 55.6 Å². The maximum absolute atomic E-state index is 15.0. The van der Waals surface area contributed by atoms with Crippen LogP contribution in [0.2, 0.25) is 0 Å². The molecule has 2 aromatic rings. The minimum atomic E-state index is -4.13. The van der Waals surface area contributed by atoms with Crippen LogP contribution < -0.4 is 14.2 Å². The second-order valence-electron chi connectivity index (χ2n) is 10.9. The first-order valence-electron chi connectivity index (χ1n) is 13.9. The summed E-state index contributed by atoms with van der Waals surface area (Å²) in [4.78, 5) is 0. The Morgan fingerprint density at radius 3 is 1.83 bits per heavy atom. The molecule has 2 saturated carbocycles. The largest absolute Gasteiger partial charge is 0.453 e. The van der Waals surface area contributed by atoms with E-state index in [1.807, 2.05) is 6.92 Å². The lowest BCUT2D eigenvalue weighted by Gasteiger charge is -2.39. The third-order valence-corrected chi connectivity index (χ3v) is 8.12. The first-order valence-corrected chi connectivity index (χ1v) is 13.9. The van der Waals surface area contributed by atoms with Crippen LogP contribution in [0.15, 0.2) is 60.9 Å². The summed E-state index contributed by atoms with van der Waals surface area (Å²) in [6, 6.07) is 4.13. The lowest BCUT2D eigenvalue weighted by molar-refractivity contribution is -0.224. The van der Waals surface area contributed by atoms with Gasteiger partial charge in [0.05, 0.1) is 11.5 Å². The third-order valence-electron chi connectivity index (χ3n) is 8.12. The van der Waals surface area contributed by atoms with Crippen LogP contribution >= 0.6 is 0 Å². The molecule has 2 aromatic carbocycles. The molecule has 4 rings (SSSR count). The van der Waals surface area contributed by atoms with Crippen LogP contribution in [0.25, 0.3) is 0 Å². The molecule has 0 saturated heterocycles. The smallest absolute Gasteiger partial charge is 0.426 e. The van der Waals surface area contributed by atoms with Gasteiger partial charge >= 0.3 is 18.3 Å². The maximum Gasteiger partial charge on any atom is 0.426 e. The summed E-state index contributed by atoms with van der Waals surface area (Å²) >= 11 is 0. The van der Waals surface area contributed by atoms with Crippen molar-refractivity contribution in [1.82, 2.24) is 0 Å². The summed E-state index contributed by atoms with van der Waals surface area (Å²) in [5.41, 5.74) is -0.800. The molecule has 0 radical (unpaired) electrons. The minimum Gasteiger partial charge on any atom is -0.453 e. The second kappa shape index (κ2) is 13.4. The first kappa shape index (κ1) is 31.7. The lowest BCUT2D eigenvalue weighted by atomic mass is 9.69. The molecule has 0 amide bonds. The van der Waals surface area contributed by atoms with Gasteiger partial charge < -0.3 is 14.2 Å². The minimum absolute atomic E-state index is 0.216. The Bertz CT molecular complexity index is 1220. The summed E-state index contributed by atoms with van der Waals surface area (Å²) in [6.45, 7) is 2.02. The van der Waals surface area contributed by atoms with Crippen molar-refractivity contribution in [2.75, 3.05) is 0 Å². The molecule has 0 spiro atoms. The number of halogens is 8. The maximum atomic E-state index is 15.0. The molecule has 230 valence electrons. The molecule has 0 N–H and O–H groups in total. The van der Waals surface area contributed by atoms with Crippen LogP contribution in [0.5, 0.6) is 17.2 Å². The summed E-state index contributed by atoms with van der Waals surface area (Å²) in [5.74, 6) is -5.04. The zero-order chi connectivity index (χ0) is 30.5. The van der Waals surface area contributed by atoms with Gasteiger partial charge in [-0.25, -0.2) is 8.78 Å². The van der Waals surface area contributed by atoms with Crippen LogP contribution in [0.4, 0.5) is 35.1 Å². The van der Waals surface area contributed by atoms with Crippen molar-refractivity contribution in [3.05, 3.63) is 78.1 Å². The monoisotopic (exact) mass is 604 g/mol. The highest BCUT2D eigenvalue weighted by Crippen LogP contribution is 2.46. The summed E-state index contributed by atoms with van der Waals surface area (Å²) in [6.07, 6.45) is 0.617. The fourth-order valence-electron chi connectivity index (χ4n) is 5.98. The van der Waals surface area contributed by atoms with Crippen molar-refractivity contribution in [3.63, 3.8) is 0 Å². The van der Waals surface area contributed by atoms with E-state index in [-0.39, 0.29) is 12.0 Å². The Kier molecular flexibility index (Phi) is 10.1. The SMILES string of the molecule is C/C=C/C1CCC(C2CCC(C(F)(F)Oc3ccc(C(F)(F)Oc4cc(F)c(OC=C(F)F)c(F)c4)cc3)CC2)CC1. The third kappa shape index (κ3) is 7.98. The van der Waals surface area contributed by atoms with Crippen molar-refractivity contribution in [2.24, 2.45) is 23.7 Å². The van der Waals surface area contributed by atoms with Gasteiger partial charge in [-0.1, -0.05) is 12.2 Å². The van der Waals surface area contributed by atoms with E-state index >= 15 is 8.78 Å². The predicted molar refractivity (Wildman–Crippen MR) is 140 cm³/mol. The van der Waals surface area contributed by atoms with Gasteiger partial charge in [-0.05, 0) is 100 Å². The van der Waals surface area contributed by atoms with Gasteiger partial charge in [-0.2, -0.15) is 26.3 Å². The second-order valence-corrected chi connectivity index (χ2v) is 10.9. The number of benzene rings is 2. The van der Waals surface area contributed by atoms with Gasteiger partial charge in [0.2, 0.25) is 0 Å².